The molecule has 0 aliphatic rings. The van der Waals surface area contributed by atoms with Gasteiger partial charge in [0.05, 0.1) is 19.8 Å². The van der Waals surface area contributed by atoms with E-state index in [0.29, 0.717) is 43.9 Å². The molecule has 0 aliphatic carbocycles. The van der Waals surface area contributed by atoms with Gasteiger partial charge in [-0.15, -0.1) is 0 Å². The van der Waals surface area contributed by atoms with E-state index >= 15 is 0 Å². The second-order valence-corrected chi connectivity index (χ2v) is 7.95. The van der Waals surface area contributed by atoms with Gasteiger partial charge in [0.2, 0.25) is 5.78 Å². The van der Waals surface area contributed by atoms with Gasteiger partial charge in [-0.25, -0.2) is 0 Å². The average Bonchev–Trinajstić information content (AvgIpc) is 3.14. The van der Waals surface area contributed by atoms with Crippen molar-refractivity contribution in [2.45, 2.75) is 6.92 Å². The van der Waals surface area contributed by atoms with E-state index in [1.165, 1.54) is 14.2 Å². The van der Waals surface area contributed by atoms with E-state index in [4.69, 9.17) is 13.9 Å². The fraction of sp³-hybridized carbons (Fsp3) is 0.120. The normalized spacial score (nSPS) is 10.8. The van der Waals surface area contributed by atoms with Gasteiger partial charge in [0.15, 0.2) is 17.3 Å². The number of benzene rings is 3. The van der Waals surface area contributed by atoms with E-state index in [0.717, 1.165) is 5.39 Å². The molecule has 162 valence electrons. The number of ether oxygens (including phenoxy) is 2. The van der Waals surface area contributed by atoms with Crippen molar-refractivity contribution < 1.29 is 23.5 Å². The summed E-state index contributed by atoms with van der Waals surface area (Å²) in [7, 11) is 3.05. The Balaban J connectivity index is 1.65. The van der Waals surface area contributed by atoms with E-state index in [1.54, 1.807) is 48.5 Å². The van der Waals surface area contributed by atoms with Crippen LogP contribution in [0.3, 0.4) is 0 Å². The Hall–Kier alpha value is -3.58. The zero-order chi connectivity index (χ0) is 22.8. The molecule has 3 aromatic carbocycles. The van der Waals surface area contributed by atoms with Crippen LogP contribution in [-0.4, -0.2) is 25.9 Å². The number of rotatable bonds is 6. The third kappa shape index (κ3) is 3.99. The van der Waals surface area contributed by atoms with E-state index in [2.05, 4.69) is 21.2 Å². The minimum atomic E-state index is -0.265. The van der Waals surface area contributed by atoms with Crippen LogP contribution in [0.15, 0.2) is 69.6 Å². The lowest BCUT2D eigenvalue weighted by molar-refractivity contribution is 0.101. The lowest BCUT2D eigenvalue weighted by Crippen LogP contribution is -2.12. The number of anilines is 1. The van der Waals surface area contributed by atoms with Gasteiger partial charge < -0.3 is 19.2 Å². The van der Waals surface area contributed by atoms with Crippen LogP contribution in [0, 0.1) is 6.92 Å². The number of halogens is 1. The highest BCUT2D eigenvalue weighted by atomic mass is 79.9. The van der Waals surface area contributed by atoms with Crippen molar-refractivity contribution in [3.8, 4) is 11.5 Å². The van der Waals surface area contributed by atoms with Crippen LogP contribution in [0.25, 0.3) is 11.0 Å². The number of nitrogens with one attached hydrogen (secondary N) is 1. The number of carbonyl (C=O) groups excluding carboxylic acids is 2. The van der Waals surface area contributed by atoms with Crippen molar-refractivity contribution >= 4 is 44.3 Å². The number of hydrogen-bond acceptors (Lipinski definition) is 5. The van der Waals surface area contributed by atoms with E-state index in [-0.39, 0.29) is 17.5 Å². The van der Waals surface area contributed by atoms with Crippen LogP contribution in [-0.2, 0) is 0 Å². The molecule has 0 atom stereocenters. The van der Waals surface area contributed by atoms with Gasteiger partial charge in [0.1, 0.15) is 5.58 Å². The minimum absolute atomic E-state index is 0.236. The van der Waals surface area contributed by atoms with Crippen molar-refractivity contribution in [1.82, 2.24) is 0 Å². The maximum absolute atomic E-state index is 13.1. The zero-order valence-corrected chi connectivity index (χ0v) is 19.3. The van der Waals surface area contributed by atoms with Crippen molar-refractivity contribution in [3.63, 3.8) is 0 Å². The van der Waals surface area contributed by atoms with E-state index < -0.39 is 0 Å². The van der Waals surface area contributed by atoms with Gasteiger partial charge in [-0.3, -0.25) is 9.59 Å². The van der Waals surface area contributed by atoms with Crippen molar-refractivity contribution in [2.24, 2.45) is 0 Å². The van der Waals surface area contributed by atoms with Gasteiger partial charge in [0, 0.05) is 26.7 Å². The van der Waals surface area contributed by atoms with Gasteiger partial charge in [0.25, 0.3) is 5.91 Å². The fourth-order valence-corrected chi connectivity index (χ4v) is 3.93. The molecule has 0 saturated heterocycles. The lowest BCUT2D eigenvalue weighted by atomic mass is 10.0. The highest BCUT2D eigenvalue weighted by molar-refractivity contribution is 9.10. The van der Waals surface area contributed by atoms with Gasteiger partial charge in [-0.1, -0.05) is 12.1 Å². The predicted octanol–water partition coefficient (Wildman–Crippen LogP) is 6.00. The molecule has 1 amide bonds. The molecule has 32 heavy (non-hydrogen) atoms. The molecule has 0 bridgehead atoms. The number of furan rings is 1. The van der Waals surface area contributed by atoms with Crippen LogP contribution in [0.1, 0.15) is 32.0 Å². The molecular weight excluding hydrogens is 474 g/mol. The first-order valence-corrected chi connectivity index (χ1v) is 10.6. The number of amides is 1. The van der Waals surface area contributed by atoms with Gasteiger partial charge in [-0.05, 0) is 71.4 Å². The van der Waals surface area contributed by atoms with Crippen LogP contribution >= 0.6 is 15.9 Å². The first-order chi connectivity index (χ1) is 15.4. The maximum Gasteiger partial charge on any atom is 0.256 e. The summed E-state index contributed by atoms with van der Waals surface area (Å²) in [4.78, 5) is 25.8. The standard InChI is InChI=1S/C25H20BrNO5/c1-14-18-13-16(27-25(29)17-6-4-5-7-19(17)26)9-11-20(18)32-24(14)23(28)15-8-10-21(30-2)22(12-15)31-3/h4-13H,1-3H3,(H,27,29). The van der Waals surface area contributed by atoms with E-state index in [1.807, 2.05) is 19.1 Å². The number of fused-ring (bicyclic) bond motifs is 1. The molecule has 0 aliphatic heterocycles. The molecule has 0 spiro atoms. The van der Waals surface area contributed by atoms with Gasteiger partial charge >= 0.3 is 0 Å². The summed E-state index contributed by atoms with van der Waals surface area (Å²) in [5.74, 6) is 0.736. The summed E-state index contributed by atoms with van der Waals surface area (Å²) < 4.78 is 17.1. The Morgan fingerprint density at radius 1 is 0.938 bits per heavy atom. The van der Waals surface area contributed by atoms with Crippen LogP contribution in [0.2, 0.25) is 0 Å². The molecule has 1 heterocycles. The SMILES string of the molecule is COc1ccc(C(=O)c2oc3ccc(NC(=O)c4ccccc4Br)cc3c2C)cc1OC. The molecule has 4 aromatic rings. The Kier molecular flexibility index (Phi) is 6.01. The number of ketones is 1. The zero-order valence-electron chi connectivity index (χ0n) is 17.7. The summed E-state index contributed by atoms with van der Waals surface area (Å²) in [5.41, 5.74) is 2.81. The van der Waals surface area contributed by atoms with Crippen LogP contribution < -0.4 is 14.8 Å². The van der Waals surface area contributed by atoms with Crippen molar-refractivity contribution in [2.75, 3.05) is 19.5 Å². The summed E-state index contributed by atoms with van der Waals surface area (Å²) in [6.07, 6.45) is 0. The minimum Gasteiger partial charge on any atom is -0.493 e. The lowest BCUT2D eigenvalue weighted by Gasteiger charge is -2.08. The molecule has 7 heteroatoms. The molecule has 0 saturated carbocycles. The van der Waals surface area contributed by atoms with Gasteiger partial charge in [-0.2, -0.15) is 0 Å². The molecule has 4 rings (SSSR count). The number of aryl methyl sites for hydroxylation is 1. The third-order valence-corrected chi connectivity index (χ3v) is 5.86. The molecule has 0 radical (unpaired) electrons. The smallest absolute Gasteiger partial charge is 0.256 e. The summed E-state index contributed by atoms with van der Waals surface area (Å²) in [6, 6.07) is 17.4. The van der Waals surface area contributed by atoms with Crippen LogP contribution in [0.5, 0.6) is 11.5 Å². The number of methoxy groups -OCH3 is 2. The van der Waals surface area contributed by atoms with Crippen LogP contribution in [0.4, 0.5) is 5.69 Å². The monoisotopic (exact) mass is 493 g/mol. The first-order valence-electron chi connectivity index (χ1n) is 9.78. The predicted molar refractivity (Wildman–Crippen MR) is 126 cm³/mol. The van der Waals surface area contributed by atoms with Crippen molar-refractivity contribution in [3.05, 3.63) is 87.6 Å². The largest absolute Gasteiger partial charge is 0.493 e. The first kappa shape index (κ1) is 21.6. The summed E-state index contributed by atoms with van der Waals surface area (Å²) >= 11 is 3.39. The van der Waals surface area contributed by atoms with E-state index in [9.17, 15) is 9.59 Å². The Labute approximate surface area is 193 Å². The quantitative estimate of drug-likeness (QED) is 0.333. The molecule has 6 nitrogen and oxygen atoms in total. The molecular formula is C25H20BrNO5. The number of carbonyl (C=O) groups is 2. The fourth-order valence-electron chi connectivity index (χ4n) is 3.47. The topological polar surface area (TPSA) is 77.8 Å². The highest BCUT2D eigenvalue weighted by Crippen LogP contribution is 2.32. The molecule has 1 aromatic heterocycles. The third-order valence-electron chi connectivity index (χ3n) is 5.16. The maximum atomic E-state index is 13.1. The number of hydrogen-bond donors (Lipinski definition) is 1. The molecule has 0 fully saturated rings. The molecule has 1 N–H and O–H groups in total. The Morgan fingerprint density at radius 3 is 2.41 bits per heavy atom. The average molecular weight is 494 g/mol. The molecule has 0 unspecified atom stereocenters. The second kappa shape index (κ2) is 8.88. The Morgan fingerprint density at radius 2 is 1.69 bits per heavy atom. The summed E-state index contributed by atoms with van der Waals surface area (Å²) in [5, 5.41) is 3.64. The highest BCUT2D eigenvalue weighted by Gasteiger charge is 2.21. The Bertz CT molecular complexity index is 1340. The summed E-state index contributed by atoms with van der Waals surface area (Å²) in [6.45, 7) is 1.82. The van der Waals surface area contributed by atoms with Crippen molar-refractivity contribution in [1.29, 1.82) is 0 Å². The second-order valence-electron chi connectivity index (χ2n) is 7.10.